The molecule has 0 aliphatic carbocycles. The highest BCUT2D eigenvalue weighted by molar-refractivity contribution is 5.81. The van der Waals surface area contributed by atoms with Crippen molar-refractivity contribution in [2.75, 3.05) is 19.6 Å². The van der Waals surface area contributed by atoms with Crippen LogP contribution in [0, 0.1) is 5.92 Å². The standard InChI is InChI=1S/C17H20N2O3/c20-16-11-19(8-6-17(21)22)10-13(16)9-12-5-7-18-15-4-2-1-3-14(12)15/h1-5,7,13,16,20H,6,8-11H2,(H,21,22)/t13-,16+/m1/s1. The number of aliphatic carboxylic acids is 1. The van der Waals surface area contributed by atoms with Crippen LogP contribution in [-0.4, -0.2) is 51.8 Å². The van der Waals surface area contributed by atoms with Crippen molar-refractivity contribution in [2.24, 2.45) is 5.92 Å². The van der Waals surface area contributed by atoms with Gasteiger partial charge in [0.2, 0.25) is 0 Å². The summed E-state index contributed by atoms with van der Waals surface area (Å²) >= 11 is 0. The van der Waals surface area contributed by atoms with Crippen LogP contribution in [0.15, 0.2) is 36.5 Å². The van der Waals surface area contributed by atoms with Crippen LogP contribution in [0.3, 0.4) is 0 Å². The number of nitrogens with zero attached hydrogens (tertiary/aromatic N) is 2. The smallest absolute Gasteiger partial charge is 0.304 e. The maximum atomic E-state index is 10.7. The van der Waals surface area contributed by atoms with E-state index in [4.69, 9.17) is 5.11 Å². The van der Waals surface area contributed by atoms with Gasteiger partial charge in [-0.15, -0.1) is 0 Å². The Morgan fingerprint density at radius 2 is 2.09 bits per heavy atom. The predicted molar refractivity (Wildman–Crippen MR) is 83.6 cm³/mol. The number of carboxylic acids is 1. The van der Waals surface area contributed by atoms with Gasteiger partial charge in [0.25, 0.3) is 0 Å². The second-order valence-corrected chi connectivity index (χ2v) is 5.92. The normalized spacial score (nSPS) is 22.2. The number of carboxylic acid groups (broad SMARTS) is 1. The molecule has 116 valence electrons. The van der Waals surface area contributed by atoms with Crippen LogP contribution in [0.1, 0.15) is 12.0 Å². The fourth-order valence-corrected chi connectivity index (χ4v) is 3.19. The Morgan fingerprint density at radius 1 is 1.27 bits per heavy atom. The van der Waals surface area contributed by atoms with Crippen molar-refractivity contribution in [2.45, 2.75) is 18.9 Å². The van der Waals surface area contributed by atoms with Gasteiger partial charge in [-0.25, -0.2) is 0 Å². The van der Waals surface area contributed by atoms with E-state index in [2.05, 4.69) is 11.1 Å². The summed E-state index contributed by atoms with van der Waals surface area (Å²) in [5.41, 5.74) is 2.16. The Bertz CT molecular complexity index is 669. The first kappa shape index (κ1) is 14.9. The highest BCUT2D eigenvalue weighted by atomic mass is 16.4. The minimum atomic E-state index is -0.793. The molecule has 1 saturated heterocycles. The summed E-state index contributed by atoms with van der Waals surface area (Å²) in [6.07, 6.45) is 2.31. The van der Waals surface area contributed by atoms with Gasteiger partial charge < -0.3 is 10.2 Å². The van der Waals surface area contributed by atoms with E-state index in [0.717, 1.165) is 23.9 Å². The predicted octanol–water partition coefficient (Wildman–Crippen LogP) is 1.54. The number of rotatable bonds is 5. The van der Waals surface area contributed by atoms with Gasteiger partial charge in [0.1, 0.15) is 0 Å². The second-order valence-electron chi connectivity index (χ2n) is 5.92. The van der Waals surface area contributed by atoms with Gasteiger partial charge in [0.05, 0.1) is 18.0 Å². The van der Waals surface area contributed by atoms with Crippen LogP contribution in [0.5, 0.6) is 0 Å². The number of β-amino-alcohol motifs (C(OH)–C–C–N with tert-alkyl or cyclic N) is 1. The molecule has 2 atom stereocenters. The molecule has 1 aliphatic heterocycles. The molecule has 2 aromatic rings. The Morgan fingerprint density at radius 3 is 2.91 bits per heavy atom. The van der Waals surface area contributed by atoms with E-state index in [1.54, 1.807) is 6.20 Å². The number of aliphatic hydroxyl groups excluding tert-OH is 1. The fourth-order valence-electron chi connectivity index (χ4n) is 3.19. The topological polar surface area (TPSA) is 73.7 Å². The number of fused-ring (bicyclic) bond motifs is 1. The maximum Gasteiger partial charge on any atom is 0.304 e. The Balaban J connectivity index is 1.71. The maximum absolute atomic E-state index is 10.7. The summed E-state index contributed by atoms with van der Waals surface area (Å²) in [6.45, 7) is 1.80. The molecule has 0 bridgehead atoms. The zero-order valence-corrected chi connectivity index (χ0v) is 12.4. The van der Waals surface area contributed by atoms with E-state index in [1.165, 1.54) is 5.56 Å². The number of carbonyl (C=O) groups is 1. The molecule has 5 heteroatoms. The van der Waals surface area contributed by atoms with Crippen molar-refractivity contribution in [3.63, 3.8) is 0 Å². The molecule has 5 nitrogen and oxygen atoms in total. The van der Waals surface area contributed by atoms with Crippen LogP contribution in [0.2, 0.25) is 0 Å². The molecule has 0 saturated carbocycles. The van der Waals surface area contributed by atoms with E-state index >= 15 is 0 Å². The summed E-state index contributed by atoms with van der Waals surface area (Å²) < 4.78 is 0. The molecule has 0 amide bonds. The molecule has 1 aromatic heterocycles. The van der Waals surface area contributed by atoms with Crippen LogP contribution < -0.4 is 0 Å². The van der Waals surface area contributed by atoms with Crippen molar-refractivity contribution >= 4 is 16.9 Å². The van der Waals surface area contributed by atoms with Crippen molar-refractivity contribution in [1.29, 1.82) is 0 Å². The largest absolute Gasteiger partial charge is 0.481 e. The minimum Gasteiger partial charge on any atom is -0.481 e. The van der Waals surface area contributed by atoms with Gasteiger partial charge in [-0.2, -0.15) is 0 Å². The molecule has 0 unspecified atom stereocenters. The second kappa shape index (κ2) is 6.42. The summed E-state index contributed by atoms with van der Waals surface area (Å²) in [5, 5.41) is 20.1. The number of aliphatic hydroxyl groups is 1. The lowest BCUT2D eigenvalue weighted by Gasteiger charge is -2.15. The highest BCUT2D eigenvalue weighted by Crippen LogP contribution is 2.25. The average molecular weight is 300 g/mol. The van der Waals surface area contributed by atoms with Crippen LogP contribution in [-0.2, 0) is 11.2 Å². The van der Waals surface area contributed by atoms with E-state index in [9.17, 15) is 9.90 Å². The molecule has 2 N–H and O–H groups in total. The third kappa shape index (κ3) is 3.26. The average Bonchev–Trinajstić information content (AvgIpc) is 2.86. The quantitative estimate of drug-likeness (QED) is 0.876. The zero-order valence-electron chi connectivity index (χ0n) is 12.4. The van der Waals surface area contributed by atoms with Gasteiger partial charge in [-0.05, 0) is 24.1 Å². The molecule has 0 radical (unpaired) electrons. The van der Waals surface area contributed by atoms with Gasteiger partial charge in [-0.3, -0.25) is 14.7 Å². The molecule has 0 spiro atoms. The van der Waals surface area contributed by atoms with Crippen molar-refractivity contribution in [3.05, 3.63) is 42.1 Å². The van der Waals surface area contributed by atoms with Gasteiger partial charge in [-0.1, -0.05) is 18.2 Å². The number of pyridine rings is 1. The van der Waals surface area contributed by atoms with Crippen LogP contribution >= 0.6 is 0 Å². The molecule has 1 fully saturated rings. The summed E-state index contributed by atoms with van der Waals surface area (Å²) in [7, 11) is 0. The first-order valence-electron chi connectivity index (χ1n) is 7.58. The number of hydrogen-bond donors (Lipinski definition) is 2. The Labute approximate surface area is 129 Å². The highest BCUT2D eigenvalue weighted by Gasteiger charge is 2.31. The summed E-state index contributed by atoms with van der Waals surface area (Å²) in [5.74, 6) is -0.655. The van der Waals surface area contributed by atoms with E-state index in [1.807, 2.05) is 29.2 Å². The van der Waals surface area contributed by atoms with E-state index < -0.39 is 12.1 Å². The summed E-state index contributed by atoms with van der Waals surface area (Å²) in [6, 6.07) is 10.0. The van der Waals surface area contributed by atoms with Crippen molar-refractivity contribution in [3.8, 4) is 0 Å². The van der Waals surface area contributed by atoms with Crippen LogP contribution in [0.4, 0.5) is 0 Å². The number of likely N-dealkylation sites (tertiary alicyclic amines) is 1. The fraction of sp³-hybridized carbons (Fsp3) is 0.412. The van der Waals surface area contributed by atoms with Crippen molar-refractivity contribution in [1.82, 2.24) is 9.88 Å². The minimum absolute atomic E-state index is 0.123. The SMILES string of the molecule is O=C(O)CCN1C[C@@H](Cc2ccnc3ccccc23)[C@@H](O)C1. The third-order valence-corrected chi connectivity index (χ3v) is 4.35. The zero-order chi connectivity index (χ0) is 15.5. The number of aromatic nitrogens is 1. The number of benzene rings is 1. The molecular weight excluding hydrogens is 280 g/mol. The molecule has 1 aromatic carbocycles. The van der Waals surface area contributed by atoms with Gasteiger partial charge in [0, 0.05) is 37.1 Å². The summed E-state index contributed by atoms with van der Waals surface area (Å²) in [4.78, 5) is 17.1. The van der Waals surface area contributed by atoms with Crippen LogP contribution in [0.25, 0.3) is 10.9 Å². The number of para-hydroxylation sites is 1. The lowest BCUT2D eigenvalue weighted by molar-refractivity contribution is -0.137. The molecular formula is C17H20N2O3. The Hall–Kier alpha value is -1.98. The monoisotopic (exact) mass is 300 g/mol. The first-order chi connectivity index (χ1) is 10.6. The van der Waals surface area contributed by atoms with Gasteiger partial charge in [0.15, 0.2) is 0 Å². The molecule has 2 heterocycles. The lowest BCUT2D eigenvalue weighted by atomic mass is 9.94. The molecule has 3 rings (SSSR count). The first-order valence-corrected chi connectivity index (χ1v) is 7.58. The molecule has 1 aliphatic rings. The third-order valence-electron chi connectivity index (χ3n) is 4.35. The van der Waals surface area contributed by atoms with E-state index in [-0.39, 0.29) is 12.3 Å². The Kier molecular flexibility index (Phi) is 4.36. The molecule has 22 heavy (non-hydrogen) atoms. The van der Waals surface area contributed by atoms with E-state index in [0.29, 0.717) is 13.1 Å². The van der Waals surface area contributed by atoms with Crippen molar-refractivity contribution < 1.29 is 15.0 Å². The number of hydrogen-bond acceptors (Lipinski definition) is 4. The lowest BCUT2D eigenvalue weighted by Crippen LogP contribution is -2.24. The van der Waals surface area contributed by atoms with Gasteiger partial charge >= 0.3 is 5.97 Å².